The average molecular weight is 270 g/mol. The summed E-state index contributed by atoms with van der Waals surface area (Å²) in [4.78, 5) is 6.77. The monoisotopic (exact) mass is 270 g/mol. The van der Waals surface area contributed by atoms with Crippen LogP contribution >= 0.6 is 0 Å². The zero-order chi connectivity index (χ0) is 14.2. The molecule has 0 aliphatic carbocycles. The molecule has 1 saturated heterocycles. The van der Waals surface area contributed by atoms with E-state index in [0.717, 1.165) is 29.6 Å². The van der Waals surface area contributed by atoms with Crippen LogP contribution in [0.2, 0.25) is 0 Å². The Balaban J connectivity index is 1.92. The summed E-state index contributed by atoms with van der Waals surface area (Å²) in [6, 6.07) is 10.1. The summed E-state index contributed by atoms with van der Waals surface area (Å²) in [5.41, 5.74) is 1.66. The number of likely N-dealkylation sites (tertiary alicyclic amines) is 1. The number of aromatic nitrogens is 1. The number of aliphatic hydroxyl groups is 1. The molecule has 1 N–H and O–H groups in total. The molecule has 0 bridgehead atoms. The highest BCUT2D eigenvalue weighted by Crippen LogP contribution is 2.34. The molecule has 106 valence electrons. The average Bonchev–Trinajstić information content (AvgIpc) is 3.01. The van der Waals surface area contributed by atoms with Crippen LogP contribution in [0.5, 0.6) is 0 Å². The lowest BCUT2D eigenvalue weighted by Crippen LogP contribution is -2.46. The molecule has 3 rings (SSSR count). The van der Waals surface area contributed by atoms with E-state index in [-0.39, 0.29) is 5.54 Å². The molecule has 3 nitrogen and oxygen atoms in total. The molecule has 2 aromatic rings. The summed E-state index contributed by atoms with van der Waals surface area (Å²) in [5, 5.41) is 11.9. The second-order valence-electron chi connectivity index (χ2n) is 6.21. The summed E-state index contributed by atoms with van der Waals surface area (Å²) in [6.07, 6.45) is 3.77. The van der Waals surface area contributed by atoms with Gasteiger partial charge < -0.3 is 5.11 Å². The number of pyridine rings is 1. The van der Waals surface area contributed by atoms with E-state index in [0.29, 0.717) is 0 Å². The second-order valence-corrected chi connectivity index (χ2v) is 6.21. The predicted molar refractivity (Wildman–Crippen MR) is 81.6 cm³/mol. The molecule has 0 spiro atoms. The molecule has 1 aliphatic rings. The van der Waals surface area contributed by atoms with Crippen LogP contribution in [0.4, 0.5) is 0 Å². The molecule has 1 aliphatic heterocycles. The van der Waals surface area contributed by atoms with Crippen LogP contribution < -0.4 is 0 Å². The lowest BCUT2D eigenvalue weighted by molar-refractivity contribution is 0.00139. The first-order chi connectivity index (χ1) is 9.59. The minimum Gasteiger partial charge on any atom is -0.386 e. The lowest BCUT2D eigenvalue weighted by atomic mass is 9.89. The third kappa shape index (κ3) is 2.32. The van der Waals surface area contributed by atoms with Gasteiger partial charge in [0.15, 0.2) is 0 Å². The smallest absolute Gasteiger partial charge is 0.0968 e. The molecule has 1 fully saturated rings. The van der Waals surface area contributed by atoms with E-state index in [4.69, 9.17) is 0 Å². The van der Waals surface area contributed by atoms with E-state index in [1.165, 1.54) is 12.8 Å². The van der Waals surface area contributed by atoms with Crippen LogP contribution in [0.15, 0.2) is 36.5 Å². The van der Waals surface area contributed by atoms with Crippen molar-refractivity contribution in [1.29, 1.82) is 0 Å². The van der Waals surface area contributed by atoms with Gasteiger partial charge in [-0.1, -0.05) is 18.2 Å². The van der Waals surface area contributed by atoms with Crippen LogP contribution in [0.1, 0.15) is 38.4 Å². The SMILES string of the molecule is CC(C)(C(O)c1ccc2cccnc2c1)N1CCCC1. The molecular weight excluding hydrogens is 248 g/mol. The summed E-state index contributed by atoms with van der Waals surface area (Å²) in [5.74, 6) is 0. The van der Waals surface area contributed by atoms with Crippen LogP contribution in [0, 0.1) is 0 Å². The van der Waals surface area contributed by atoms with Crippen LogP contribution in [0.3, 0.4) is 0 Å². The van der Waals surface area contributed by atoms with Crippen LogP contribution in [0.25, 0.3) is 10.9 Å². The normalized spacial score (nSPS) is 18.6. The Labute approximate surface area is 120 Å². The van der Waals surface area contributed by atoms with Gasteiger partial charge in [-0.25, -0.2) is 0 Å². The molecule has 2 heterocycles. The molecule has 3 heteroatoms. The summed E-state index contributed by atoms with van der Waals surface area (Å²) in [7, 11) is 0. The van der Waals surface area contributed by atoms with Crippen molar-refractivity contribution >= 4 is 10.9 Å². The molecule has 0 saturated carbocycles. The number of hydrogen-bond acceptors (Lipinski definition) is 3. The Kier molecular flexibility index (Phi) is 3.48. The molecule has 1 aromatic heterocycles. The zero-order valence-electron chi connectivity index (χ0n) is 12.2. The Morgan fingerprint density at radius 3 is 2.70 bits per heavy atom. The van der Waals surface area contributed by atoms with Gasteiger partial charge in [0.2, 0.25) is 0 Å². The maximum atomic E-state index is 10.8. The minimum absolute atomic E-state index is 0.237. The van der Waals surface area contributed by atoms with Crippen molar-refractivity contribution in [2.24, 2.45) is 0 Å². The van der Waals surface area contributed by atoms with Crippen molar-refractivity contribution in [3.63, 3.8) is 0 Å². The maximum absolute atomic E-state index is 10.8. The molecule has 1 aromatic carbocycles. The van der Waals surface area contributed by atoms with Gasteiger partial charge in [-0.05, 0) is 57.5 Å². The molecular formula is C17H22N2O. The highest BCUT2D eigenvalue weighted by molar-refractivity contribution is 5.79. The fraction of sp³-hybridized carbons (Fsp3) is 0.471. The highest BCUT2D eigenvalue weighted by atomic mass is 16.3. The number of aliphatic hydroxyl groups excluding tert-OH is 1. The van der Waals surface area contributed by atoms with E-state index in [1.54, 1.807) is 6.20 Å². The van der Waals surface area contributed by atoms with Gasteiger partial charge in [0, 0.05) is 17.1 Å². The van der Waals surface area contributed by atoms with E-state index < -0.39 is 6.10 Å². The molecule has 0 amide bonds. The van der Waals surface area contributed by atoms with Crippen molar-refractivity contribution in [2.75, 3.05) is 13.1 Å². The van der Waals surface area contributed by atoms with Crippen molar-refractivity contribution in [2.45, 2.75) is 38.3 Å². The first kappa shape index (κ1) is 13.5. The van der Waals surface area contributed by atoms with Gasteiger partial charge in [0.25, 0.3) is 0 Å². The predicted octanol–water partition coefficient (Wildman–Crippen LogP) is 3.14. The standard InChI is InChI=1S/C17H22N2O/c1-17(2,19-10-3-4-11-19)16(20)14-8-7-13-6-5-9-18-15(13)12-14/h5-9,12,16,20H,3-4,10-11H2,1-2H3. The van der Waals surface area contributed by atoms with Gasteiger partial charge in [-0.3, -0.25) is 9.88 Å². The Morgan fingerprint density at radius 1 is 1.20 bits per heavy atom. The third-order valence-electron chi connectivity index (χ3n) is 4.54. The molecule has 1 unspecified atom stereocenters. The number of hydrogen-bond donors (Lipinski definition) is 1. The van der Waals surface area contributed by atoms with Gasteiger partial charge in [-0.15, -0.1) is 0 Å². The van der Waals surface area contributed by atoms with E-state index in [1.807, 2.05) is 30.3 Å². The van der Waals surface area contributed by atoms with Crippen molar-refractivity contribution in [3.8, 4) is 0 Å². The van der Waals surface area contributed by atoms with Crippen molar-refractivity contribution in [3.05, 3.63) is 42.1 Å². The lowest BCUT2D eigenvalue weighted by Gasteiger charge is -2.39. The largest absolute Gasteiger partial charge is 0.386 e. The number of fused-ring (bicyclic) bond motifs is 1. The first-order valence-electron chi connectivity index (χ1n) is 7.37. The number of rotatable bonds is 3. The second kappa shape index (κ2) is 5.15. The summed E-state index contributed by atoms with van der Waals surface area (Å²) >= 11 is 0. The van der Waals surface area contributed by atoms with Crippen LogP contribution in [-0.2, 0) is 0 Å². The van der Waals surface area contributed by atoms with Gasteiger partial charge in [0.1, 0.15) is 0 Å². The van der Waals surface area contributed by atoms with Crippen molar-refractivity contribution in [1.82, 2.24) is 9.88 Å². The molecule has 1 atom stereocenters. The third-order valence-corrected chi connectivity index (χ3v) is 4.54. The van der Waals surface area contributed by atoms with E-state index >= 15 is 0 Å². The zero-order valence-corrected chi connectivity index (χ0v) is 12.2. The highest BCUT2D eigenvalue weighted by Gasteiger charge is 2.36. The molecule has 0 radical (unpaired) electrons. The first-order valence-corrected chi connectivity index (χ1v) is 7.37. The maximum Gasteiger partial charge on any atom is 0.0968 e. The quantitative estimate of drug-likeness (QED) is 0.931. The Bertz CT molecular complexity index is 603. The Morgan fingerprint density at radius 2 is 1.95 bits per heavy atom. The molecule has 20 heavy (non-hydrogen) atoms. The van der Waals surface area contributed by atoms with Crippen molar-refractivity contribution < 1.29 is 5.11 Å². The van der Waals surface area contributed by atoms with Crippen LogP contribution in [-0.4, -0.2) is 33.6 Å². The van der Waals surface area contributed by atoms with Gasteiger partial charge in [0.05, 0.1) is 11.6 Å². The van der Waals surface area contributed by atoms with E-state index in [2.05, 4.69) is 23.7 Å². The Hall–Kier alpha value is -1.45. The van der Waals surface area contributed by atoms with Gasteiger partial charge >= 0.3 is 0 Å². The fourth-order valence-electron chi connectivity index (χ4n) is 3.13. The minimum atomic E-state index is -0.494. The number of benzene rings is 1. The fourth-order valence-corrected chi connectivity index (χ4v) is 3.13. The number of nitrogens with zero attached hydrogens (tertiary/aromatic N) is 2. The summed E-state index contributed by atoms with van der Waals surface area (Å²) in [6.45, 7) is 6.42. The summed E-state index contributed by atoms with van der Waals surface area (Å²) < 4.78 is 0. The van der Waals surface area contributed by atoms with Gasteiger partial charge in [-0.2, -0.15) is 0 Å². The topological polar surface area (TPSA) is 36.4 Å². The van der Waals surface area contributed by atoms with E-state index in [9.17, 15) is 5.11 Å².